The lowest BCUT2D eigenvalue weighted by Crippen LogP contribution is -2.33. The summed E-state index contributed by atoms with van der Waals surface area (Å²) in [6, 6.07) is -0.873. The Morgan fingerprint density at radius 1 is 0.742 bits per heavy atom. The Kier molecular flexibility index (Phi) is 23.7. The van der Waals surface area contributed by atoms with E-state index < -0.39 is 107 Å². The van der Waals surface area contributed by atoms with E-state index in [4.69, 9.17) is 37.8 Å². The molecule has 374 valence electrons. The third-order valence-electron chi connectivity index (χ3n) is 11.6. The quantitative estimate of drug-likeness (QED) is 0.0223. The Labute approximate surface area is 383 Å². The molecule has 66 heavy (non-hydrogen) atoms. The van der Waals surface area contributed by atoms with Crippen molar-refractivity contribution in [2.75, 3.05) is 33.0 Å². The van der Waals surface area contributed by atoms with E-state index in [1.165, 1.54) is 96.9 Å². The van der Waals surface area contributed by atoms with E-state index in [0.29, 0.717) is 6.42 Å². The minimum Gasteiger partial charge on any atom is -0.394 e. The Hall–Kier alpha value is -3.27. The Balaban J connectivity index is 1.28. The number of phosphoric ester groups is 2. The van der Waals surface area contributed by atoms with Crippen molar-refractivity contribution in [1.82, 2.24) is 24.0 Å². The second-order valence-corrected chi connectivity index (χ2v) is 19.8. The van der Waals surface area contributed by atoms with E-state index in [-0.39, 0.29) is 30.6 Å². The zero-order valence-corrected chi connectivity index (χ0v) is 40.1. The van der Waals surface area contributed by atoms with Crippen LogP contribution in [0.15, 0.2) is 36.7 Å². The Morgan fingerprint density at radius 3 is 1.71 bits per heavy atom. The SMILES string of the molecule is CCCCCCCCCCCCCCCCCCOC(COP(=O)(O)OCC1OC(n2cc(C)c(=O)[nH]c2=O)CC1N=[N+]=N)COP(=O)(O)OC1CC(n2cc(C)c(=O)[nH]c2=O)OC1CO. The van der Waals surface area contributed by atoms with E-state index in [0.717, 1.165) is 34.8 Å². The average Bonchev–Trinajstić information content (AvgIpc) is 3.87. The highest BCUT2D eigenvalue weighted by molar-refractivity contribution is 7.47. The summed E-state index contributed by atoms with van der Waals surface area (Å²) in [5.41, 5.74) is 4.93. The van der Waals surface area contributed by atoms with Crippen molar-refractivity contribution in [1.29, 1.82) is 5.53 Å². The molecule has 0 bridgehead atoms. The molecule has 0 amide bonds. The van der Waals surface area contributed by atoms with Crippen LogP contribution in [0.1, 0.15) is 146 Å². The van der Waals surface area contributed by atoms with Crippen molar-refractivity contribution in [3.05, 3.63) is 65.2 Å². The number of aliphatic hydroxyl groups is 1. The second-order valence-electron chi connectivity index (χ2n) is 16.9. The number of aromatic amines is 2. The number of hydrogen-bond acceptors (Lipinski definition) is 16. The lowest BCUT2D eigenvalue weighted by Gasteiger charge is -2.23. The molecular formula is C41H70N7O16P2+. The maximum Gasteiger partial charge on any atom is 0.472 e. The van der Waals surface area contributed by atoms with Crippen LogP contribution in [0.5, 0.6) is 0 Å². The summed E-state index contributed by atoms with van der Waals surface area (Å²) in [4.78, 5) is 77.5. The van der Waals surface area contributed by atoms with Gasteiger partial charge >= 0.3 is 27.0 Å². The summed E-state index contributed by atoms with van der Waals surface area (Å²) in [7, 11) is -9.84. The predicted octanol–water partition coefficient (Wildman–Crippen LogP) is 5.47. The zero-order valence-electron chi connectivity index (χ0n) is 38.3. The highest BCUT2D eigenvalue weighted by atomic mass is 31.2. The summed E-state index contributed by atoms with van der Waals surface area (Å²) in [6.07, 6.45) is 14.6. The third-order valence-corrected chi connectivity index (χ3v) is 13.5. The minimum absolute atomic E-state index is 0.0201. The number of aromatic nitrogens is 4. The van der Waals surface area contributed by atoms with E-state index in [1.54, 1.807) is 0 Å². The molecule has 0 aliphatic carbocycles. The van der Waals surface area contributed by atoms with Crippen molar-refractivity contribution >= 4 is 15.6 Å². The fraction of sp³-hybridized carbons (Fsp3) is 0.805. The first-order chi connectivity index (χ1) is 31.6. The average molecular weight is 979 g/mol. The number of aryl methyl sites for hydroxylation is 2. The Morgan fingerprint density at radius 2 is 1.21 bits per heavy atom. The molecule has 9 unspecified atom stereocenters. The number of ether oxygens (including phenoxy) is 3. The van der Waals surface area contributed by atoms with Gasteiger partial charge in [0.1, 0.15) is 47.5 Å². The van der Waals surface area contributed by atoms with Gasteiger partial charge in [-0.05, 0) is 20.3 Å². The van der Waals surface area contributed by atoms with Gasteiger partial charge in [-0.3, -0.25) is 46.8 Å². The van der Waals surface area contributed by atoms with E-state index >= 15 is 0 Å². The Bertz CT molecular complexity index is 2180. The molecule has 4 heterocycles. The zero-order chi connectivity index (χ0) is 48.1. The first-order valence-corrected chi connectivity index (χ1v) is 26.1. The van der Waals surface area contributed by atoms with Gasteiger partial charge in [-0.2, -0.15) is 0 Å². The first kappa shape index (κ1) is 55.3. The van der Waals surface area contributed by atoms with Crippen molar-refractivity contribution < 1.29 is 56.3 Å². The monoisotopic (exact) mass is 978 g/mol. The standard InChI is InChI=1S/C41H69N7O16P2/c1-4-5-6-7-8-9-10-11-12-13-14-15-16-17-18-19-20-58-31(27-60-66(56,57)64-33-22-37(62-34(33)25-49)48-24-30(3)39(51)44-41(48)53)26-59-65(54,55)61-28-35-32(45-46-42)21-36(63-35)47-23-29(2)38(50)43-40(47)52/h23-24,31-37,42,49H,4-22,25-28H2,1-3H3,(H3-,43,44,50,51,52,53,54,55,56,57)/p+1. The van der Waals surface area contributed by atoms with Crippen LogP contribution < -0.4 is 27.4 Å². The van der Waals surface area contributed by atoms with Crippen LogP contribution in [-0.4, -0.2) is 97.5 Å². The molecule has 2 fully saturated rings. The molecule has 6 N–H and O–H groups in total. The number of rotatable bonds is 33. The number of nitrogens with one attached hydrogen (secondary N) is 3. The molecule has 2 aliphatic heterocycles. The highest BCUT2D eigenvalue weighted by Gasteiger charge is 2.43. The smallest absolute Gasteiger partial charge is 0.394 e. The predicted molar refractivity (Wildman–Crippen MR) is 239 cm³/mol. The van der Waals surface area contributed by atoms with Gasteiger partial charge in [0.25, 0.3) is 11.1 Å². The van der Waals surface area contributed by atoms with Crippen LogP contribution in [0.4, 0.5) is 0 Å². The van der Waals surface area contributed by atoms with Gasteiger partial charge in [0.2, 0.25) is 4.91 Å². The topological polar surface area (TPSA) is 319 Å². The lowest BCUT2D eigenvalue weighted by molar-refractivity contribution is -0.0522. The second kappa shape index (κ2) is 28.3. The first-order valence-electron chi connectivity index (χ1n) is 23.1. The van der Waals surface area contributed by atoms with Crippen LogP contribution in [0.25, 0.3) is 0 Å². The highest BCUT2D eigenvalue weighted by Crippen LogP contribution is 2.49. The largest absolute Gasteiger partial charge is 0.472 e. The van der Waals surface area contributed by atoms with Crippen LogP contribution in [-0.2, 0) is 41.4 Å². The molecule has 2 aromatic rings. The number of nitrogens with zero attached hydrogens (tertiary/aromatic N) is 4. The van der Waals surface area contributed by atoms with Crippen molar-refractivity contribution in [3.8, 4) is 0 Å². The molecule has 0 radical (unpaired) electrons. The van der Waals surface area contributed by atoms with Gasteiger partial charge in [0.05, 0.1) is 26.4 Å². The fourth-order valence-corrected chi connectivity index (χ4v) is 9.53. The fourth-order valence-electron chi connectivity index (χ4n) is 7.78. The number of hydrogen-bond donors (Lipinski definition) is 6. The maximum atomic E-state index is 13.2. The summed E-state index contributed by atoms with van der Waals surface area (Å²) >= 11 is 0. The van der Waals surface area contributed by atoms with E-state index in [1.807, 2.05) is 0 Å². The van der Waals surface area contributed by atoms with Crippen LogP contribution in [0.2, 0.25) is 0 Å². The molecule has 0 saturated carbocycles. The number of phosphoric acid groups is 2. The van der Waals surface area contributed by atoms with Gasteiger partial charge in [0.15, 0.2) is 6.04 Å². The summed E-state index contributed by atoms with van der Waals surface area (Å²) in [6.45, 7) is 2.82. The molecule has 2 aliphatic rings. The van der Waals surface area contributed by atoms with Gasteiger partial charge in [-0.1, -0.05) is 103 Å². The molecule has 23 nitrogen and oxygen atoms in total. The third kappa shape index (κ3) is 18.7. The molecule has 25 heteroatoms. The molecule has 4 rings (SSSR count). The molecule has 2 aromatic heterocycles. The molecule has 9 atom stereocenters. The molecular weight excluding hydrogens is 908 g/mol. The lowest BCUT2D eigenvalue weighted by atomic mass is 10.0. The maximum absolute atomic E-state index is 13.2. The summed E-state index contributed by atoms with van der Waals surface area (Å²) in [5, 5.41) is 13.7. The van der Waals surface area contributed by atoms with Crippen LogP contribution in [0, 0.1) is 19.4 Å². The molecule has 2 saturated heterocycles. The molecule has 0 aromatic carbocycles. The van der Waals surface area contributed by atoms with Crippen LogP contribution >= 0.6 is 15.6 Å². The van der Waals surface area contributed by atoms with Crippen LogP contribution in [0.3, 0.4) is 0 Å². The normalized spacial score (nSPS) is 23.1. The molecule has 0 spiro atoms. The van der Waals surface area contributed by atoms with E-state index in [9.17, 15) is 43.2 Å². The van der Waals surface area contributed by atoms with Gasteiger partial charge in [-0.25, -0.2) is 18.7 Å². The van der Waals surface area contributed by atoms with Gasteiger partial charge in [-0.15, -0.1) is 0 Å². The van der Waals surface area contributed by atoms with Gasteiger partial charge in [0, 0.05) is 43.0 Å². The van der Waals surface area contributed by atoms with Crippen molar-refractivity contribution in [3.63, 3.8) is 0 Å². The summed E-state index contributed by atoms with van der Waals surface area (Å²) < 4.78 is 67.1. The minimum atomic E-state index is -4.95. The van der Waals surface area contributed by atoms with E-state index in [2.05, 4.69) is 26.9 Å². The number of unbranched alkanes of at least 4 members (excludes halogenated alkanes) is 15. The number of aliphatic hydroxyl groups excluding tert-OH is 1. The summed E-state index contributed by atoms with van der Waals surface area (Å²) in [5.74, 6) is 0. The van der Waals surface area contributed by atoms with Gasteiger partial charge < -0.3 is 29.1 Å². The van der Waals surface area contributed by atoms with Crippen molar-refractivity contribution in [2.45, 2.75) is 179 Å². The van der Waals surface area contributed by atoms with Crippen molar-refractivity contribution in [2.24, 2.45) is 5.11 Å². The number of H-pyrrole nitrogens is 2.